The molecular weight excluding hydrogens is 279 g/mol. The zero-order chi connectivity index (χ0) is 14.4. The average Bonchev–Trinajstić information content (AvgIpc) is 2.79. The second-order valence-corrected chi connectivity index (χ2v) is 5.82. The number of hydrogen-bond donors (Lipinski definition) is 1. The van der Waals surface area contributed by atoms with Gasteiger partial charge in [-0.05, 0) is 28.8 Å². The molecule has 0 saturated heterocycles. The smallest absolute Gasteiger partial charge is 0.187 e. The minimum Gasteiger partial charge on any atom is -0.228 e. The van der Waals surface area contributed by atoms with Crippen LogP contribution in [0.2, 0.25) is 0 Å². The van der Waals surface area contributed by atoms with Gasteiger partial charge >= 0.3 is 0 Å². The van der Waals surface area contributed by atoms with Crippen molar-refractivity contribution >= 4 is 12.6 Å². The lowest BCUT2D eigenvalue weighted by atomic mass is 9.86. The number of rotatable bonds is 1. The summed E-state index contributed by atoms with van der Waals surface area (Å²) in [6, 6.07) is 22.7. The fourth-order valence-electron chi connectivity index (χ4n) is 3.20. The largest absolute Gasteiger partial charge is 0.228 e. The Morgan fingerprint density at radius 2 is 1.38 bits per heavy atom. The van der Waals surface area contributed by atoms with Crippen LogP contribution in [0, 0.1) is 0 Å². The third-order valence-corrected chi connectivity index (χ3v) is 4.41. The Morgan fingerprint density at radius 1 is 0.714 bits per heavy atom. The maximum atomic E-state index is 16.1. The summed E-state index contributed by atoms with van der Waals surface area (Å²) in [6.07, 6.45) is 0. The Morgan fingerprint density at radius 3 is 2.19 bits per heavy atom. The lowest BCUT2D eigenvalue weighted by Gasteiger charge is -2.23. The lowest BCUT2D eigenvalue weighted by Crippen LogP contribution is -2.20. The molecule has 0 aromatic heterocycles. The van der Waals surface area contributed by atoms with Crippen molar-refractivity contribution in [3.63, 3.8) is 0 Å². The van der Waals surface area contributed by atoms with Gasteiger partial charge in [0, 0.05) is 16.0 Å². The molecule has 4 rings (SSSR count). The third-order valence-electron chi connectivity index (χ3n) is 4.13. The molecule has 3 aromatic carbocycles. The maximum absolute atomic E-state index is 16.1. The van der Waals surface area contributed by atoms with Crippen LogP contribution in [0.15, 0.2) is 77.7 Å². The Hall–Kier alpha value is -2.06. The van der Waals surface area contributed by atoms with Gasteiger partial charge in [0.25, 0.3) is 0 Å². The molecule has 0 fully saturated rings. The van der Waals surface area contributed by atoms with E-state index >= 15 is 4.39 Å². The molecule has 21 heavy (non-hydrogen) atoms. The van der Waals surface area contributed by atoms with E-state index in [9.17, 15) is 0 Å². The van der Waals surface area contributed by atoms with Crippen molar-refractivity contribution in [1.82, 2.24) is 0 Å². The van der Waals surface area contributed by atoms with E-state index in [-0.39, 0.29) is 0 Å². The molecule has 0 bridgehead atoms. The molecule has 0 amide bonds. The molecule has 0 aliphatic heterocycles. The Labute approximate surface area is 128 Å². The van der Waals surface area contributed by atoms with Crippen LogP contribution in [0.5, 0.6) is 0 Å². The Bertz CT molecular complexity index is 826. The van der Waals surface area contributed by atoms with E-state index in [4.69, 9.17) is 0 Å². The average molecular weight is 292 g/mol. The molecule has 0 spiro atoms. The first-order chi connectivity index (χ1) is 10.2. The number of benzene rings is 3. The highest BCUT2D eigenvalue weighted by atomic mass is 32.1. The highest BCUT2D eigenvalue weighted by molar-refractivity contribution is 7.80. The second kappa shape index (κ2) is 4.47. The monoisotopic (exact) mass is 292 g/mol. The van der Waals surface area contributed by atoms with Crippen LogP contribution in [0.25, 0.3) is 11.1 Å². The molecule has 0 nitrogen and oxygen atoms in total. The Kier molecular flexibility index (Phi) is 2.69. The van der Waals surface area contributed by atoms with Gasteiger partial charge in [-0.3, -0.25) is 0 Å². The maximum Gasteiger partial charge on any atom is 0.187 e. The molecule has 102 valence electrons. The van der Waals surface area contributed by atoms with Gasteiger partial charge in [-0.15, -0.1) is 12.6 Å². The zero-order valence-electron chi connectivity index (χ0n) is 11.3. The summed E-state index contributed by atoms with van der Waals surface area (Å²) in [6.45, 7) is 0. The molecule has 3 aromatic rings. The molecule has 0 heterocycles. The van der Waals surface area contributed by atoms with Crippen LogP contribution in [0.1, 0.15) is 16.7 Å². The van der Waals surface area contributed by atoms with Crippen LogP contribution in [-0.2, 0) is 5.67 Å². The van der Waals surface area contributed by atoms with Crippen molar-refractivity contribution in [2.45, 2.75) is 10.6 Å². The van der Waals surface area contributed by atoms with E-state index < -0.39 is 5.67 Å². The normalized spacial score (nSPS) is 19.1. The summed E-state index contributed by atoms with van der Waals surface area (Å²) in [7, 11) is 0. The minimum absolute atomic E-state index is 0.670. The zero-order valence-corrected chi connectivity index (χ0v) is 12.1. The van der Waals surface area contributed by atoms with E-state index in [0.29, 0.717) is 16.7 Å². The van der Waals surface area contributed by atoms with Gasteiger partial charge in [-0.2, -0.15) is 0 Å². The van der Waals surface area contributed by atoms with E-state index in [1.54, 1.807) is 0 Å². The van der Waals surface area contributed by atoms with Crippen molar-refractivity contribution in [3.8, 4) is 11.1 Å². The van der Waals surface area contributed by atoms with Crippen LogP contribution in [0.4, 0.5) is 4.39 Å². The quantitative estimate of drug-likeness (QED) is 0.584. The number of alkyl halides is 1. The highest BCUT2D eigenvalue weighted by Crippen LogP contribution is 2.53. The number of thiol groups is 1. The first kappa shape index (κ1) is 12.7. The molecule has 1 aliphatic rings. The van der Waals surface area contributed by atoms with Crippen LogP contribution < -0.4 is 0 Å². The fourth-order valence-corrected chi connectivity index (χ4v) is 3.40. The van der Waals surface area contributed by atoms with Gasteiger partial charge in [-0.25, -0.2) is 4.39 Å². The molecule has 0 N–H and O–H groups in total. The molecule has 1 aliphatic carbocycles. The lowest BCUT2D eigenvalue weighted by molar-refractivity contribution is 0.288. The van der Waals surface area contributed by atoms with Gasteiger partial charge in [0.1, 0.15) is 0 Å². The van der Waals surface area contributed by atoms with E-state index in [2.05, 4.69) is 12.6 Å². The first-order valence-electron chi connectivity index (χ1n) is 6.89. The highest BCUT2D eigenvalue weighted by Gasteiger charge is 2.44. The van der Waals surface area contributed by atoms with E-state index in [0.717, 1.165) is 16.0 Å². The SMILES string of the molecule is FC1(c2ccccc2)c2ccccc2-c2cc(S)ccc21. The summed E-state index contributed by atoms with van der Waals surface area (Å²) < 4.78 is 16.1. The van der Waals surface area contributed by atoms with Gasteiger partial charge in [0.15, 0.2) is 5.67 Å². The molecule has 0 saturated carbocycles. The molecule has 0 radical (unpaired) electrons. The molecular formula is C19H13FS. The van der Waals surface area contributed by atoms with Crippen LogP contribution >= 0.6 is 12.6 Å². The van der Waals surface area contributed by atoms with Gasteiger partial charge < -0.3 is 0 Å². The summed E-state index contributed by atoms with van der Waals surface area (Å²) in [5.74, 6) is 0. The predicted octanol–water partition coefficient (Wildman–Crippen LogP) is 5.22. The van der Waals surface area contributed by atoms with Crippen molar-refractivity contribution in [2.24, 2.45) is 0 Å². The van der Waals surface area contributed by atoms with Crippen molar-refractivity contribution in [2.75, 3.05) is 0 Å². The topological polar surface area (TPSA) is 0 Å². The summed E-state index contributed by atoms with van der Waals surface area (Å²) in [5.41, 5.74) is 2.38. The number of halogens is 1. The van der Waals surface area contributed by atoms with Crippen molar-refractivity contribution in [3.05, 3.63) is 89.5 Å². The Balaban J connectivity index is 2.10. The molecule has 2 heteroatoms. The van der Waals surface area contributed by atoms with Gasteiger partial charge in [0.05, 0.1) is 0 Å². The number of hydrogen-bond acceptors (Lipinski definition) is 1. The fraction of sp³-hybridized carbons (Fsp3) is 0.0526. The standard InChI is InChI=1S/C19H13FS/c20-19(13-6-2-1-3-7-13)17-9-5-4-8-15(17)16-12-14(21)10-11-18(16)19/h1-12,21H. The van der Waals surface area contributed by atoms with E-state index in [1.807, 2.05) is 72.8 Å². The molecule has 1 atom stereocenters. The summed E-state index contributed by atoms with van der Waals surface area (Å²) in [4.78, 5) is 0.848. The molecule has 1 unspecified atom stereocenters. The number of fused-ring (bicyclic) bond motifs is 3. The van der Waals surface area contributed by atoms with Gasteiger partial charge in [0.2, 0.25) is 0 Å². The second-order valence-electron chi connectivity index (χ2n) is 5.30. The van der Waals surface area contributed by atoms with Crippen LogP contribution in [-0.4, -0.2) is 0 Å². The summed E-state index contributed by atoms with van der Waals surface area (Å²) in [5, 5.41) is 0. The minimum atomic E-state index is -1.59. The van der Waals surface area contributed by atoms with Crippen molar-refractivity contribution < 1.29 is 4.39 Å². The van der Waals surface area contributed by atoms with Crippen molar-refractivity contribution in [1.29, 1.82) is 0 Å². The third kappa shape index (κ3) is 1.69. The summed E-state index contributed by atoms with van der Waals surface area (Å²) >= 11 is 4.40. The predicted molar refractivity (Wildman–Crippen MR) is 86.6 cm³/mol. The first-order valence-corrected chi connectivity index (χ1v) is 7.34. The van der Waals surface area contributed by atoms with E-state index in [1.165, 1.54) is 0 Å². The van der Waals surface area contributed by atoms with Gasteiger partial charge in [-0.1, -0.05) is 60.7 Å². The van der Waals surface area contributed by atoms with Crippen LogP contribution in [0.3, 0.4) is 0 Å².